The van der Waals surface area contributed by atoms with Gasteiger partial charge in [0, 0.05) is 18.5 Å². The van der Waals surface area contributed by atoms with Crippen LogP contribution in [0.3, 0.4) is 0 Å². The first-order valence-corrected chi connectivity index (χ1v) is 7.84. The van der Waals surface area contributed by atoms with Gasteiger partial charge in [0.05, 0.1) is 5.60 Å². The van der Waals surface area contributed by atoms with Gasteiger partial charge in [-0.25, -0.2) is 0 Å². The zero-order valence-electron chi connectivity index (χ0n) is 11.9. The predicted molar refractivity (Wildman–Crippen MR) is 75.6 cm³/mol. The molecule has 2 fully saturated rings. The highest BCUT2D eigenvalue weighted by Gasteiger charge is 2.30. The molecule has 0 aliphatic heterocycles. The predicted octanol–water partition coefficient (Wildman–Crippen LogP) is 1.71. The van der Waals surface area contributed by atoms with E-state index in [4.69, 9.17) is 5.73 Å². The van der Waals surface area contributed by atoms with Crippen LogP contribution in [-0.4, -0.2) is 29.2 Å². The van der Waals surface area contributed by atoms with Gasteiger partial charge in [-0.3, -0.25) is 4.79 Å². The third-order valence-electron chi connectivity index (χ3n) is 4.88. The smallest absolute Gasteiger partial charge is 0.220 e. The molecule has 0 aromatic carbocycles. The number of carbonyl (C=O) groups excluding carboxylic acids is 1. The van der Waals surface area contributed by atoms with Crippen molar-refractivity contribution in [2.45, 2.75) is 75.9 Å². The van der Waals surface area contributed by atoms with Gasteiger partial charge in [0.25, 0.3) is 0 Å². The van der Waals surface area contributed by atoms with E-state index in [1.54, 1.807) is 0 Å². The highest BCUT2D eigenvalue weighted by molar-refractivity contribution is 5.76. The molecular weight excluding hydrogens is 240 g/mol. The van der Waals surface area contributed by atoms with Crippen LogP contribution in [0.15, 0.2) is 0 Å². The Kier molecular flexibility index (Phi) is 5.22. The second kappa shape index (κ2) is 6.71. The Morgan fingerprint density at radius 2 is 1.68 bits per heavy atom. The van der Waals surface area contributed by atoms with Crippen molar-refractivity contribution in [3.05, 3.63) is 0 Å². The summed E-state index contributed by atoms with van der Waals surface area (Å²) >= 11 is 0. The minimum Gasteiger partial charge on any atom is -0.389 e. The van der Waals surface area contributed by atoms with Crippen LogP contribution in [-0.2, 0) is 4.79 Å². The summed E-state index contributed by atoms with van der Waals surface area (Å²) in [6.45, 7) is 0.707. The van der Waals surface area contributed by atoms with Crippen LogP contribution in [0.4, 0.5) is 0 Å². The number of nitrogens with one attached hydrogen (secondary N) is 1. The molecule has 4 nitrogen and oxygen atoms in total. The molecule has 0 bridgehead atoms. The van der Waals surface area contributed by atoms with Gasteiger partial charge in [-0.2, -0.15) is 0 Å². The summed E-state index contributed by atoms with van der Waals surface area (Å²) in [7, 11) is 0. The van der Waals surface area contributed by atoms with E-state index in [0.717, 1.165) is 51.4 Å². The minimum atomic E-state index is -0.503. The fraction of sp³-hybridized carbons (Fsp3) is 0.933. The summed E-state index contributed by atoms with van der Waals surface area (Å²) < 4.78 is 0. The van der Waals surface area contributed by atoms with Crippen LogP contribution in [0.25, 0.3) is 0 Å². The first-order chi connectivity index (χ1) is 9.09. The lowest BCUT2D eigenvalue weighted by Gasteiger charge is -2.32. The molecule has 4 N–H and O–H groups in total. The molecule has 1 amide bonds. The third-order valence-corrected chi connectivity index (χ3v) is 4.88. The zero-order valence-corrected chi connectivity index (χ0v) is 11.9. The van der Waals surface area contributed by atoms with Crippen LogP contribution in [0.5, 0.6) is 0 Å². The van der Waals surface area contributed by atoms with Gasteiger partial charge in [-0.15, -0.1) is 0 Å². The molecule has 0 atom stereocenters. The normalized spacial score (nSPS) is 31.6. The topological polar surface area (TPSA) is 75.4 Å². The van der Waals surface area contributed by atoms with Crippen LogP contribution >= 0.6 is 0 Å². The maximum Gasteiger partial charge on any atom is 0.220 e. The van der Waals surface area contributed by atoms with Gasteiger partial charge in [0.1, 0.15) is 0 Å². The summed E-state index contributed by atoms with van der Waals surface area (Å²) in [6, 6.07) is 0.447. The monoisotopic (exact) mass is 268 g/mol. The second-order valence-corrected chi connectivity index (χ2v) is 6.47. The van der Waals surface area contributed by atoms with Gasteiger partial charge in [0.15, 0.2) is 0 Å². The lowest BCUT2D eigenvalue weighted by molar-refractivity contribution is -0.122. The molecule has 110 valence electrons. The Morgan fingerprint density at radius 1 is 1.11 bits per heavy atom. The van der Waals surface area contributed by atoms with E-state index in [2.05, 4.69) is 5.32 Å². The molecule has 0 aromatic rings. The molecule has 2 rings (SSSR count). The highest BCUT2D eigenvalue weighted by atomic mass is 16.3. The standard InChI is InChI=1S/C15H28N2O2/c16-14(18)12-5-7-13(8-6-12)17-11-15(19)9-3-1-2-4-10-15/h12-13,17,19H,1-11H2,(H2,16,18). The number of hydrogen-bond acceptors (Lipinski definition) is 3. The van der Waals surface area contributed by atoms with Crippen LogP contribution in [0.1, 0.15) is 64.2 Å². The third kappa shape index (κ3) is 4.46. The summed E-state index contributed by atoms with van der Waals surface area (Å²) in [5.41, 5.74) is 4.84. The molecule has 2 saturated carbocycles. The van der Waals surface area contributed by atoms with Crippen molar-refractivity contribution in [2.24, 2.45) is 11.7 Å². The van der Waals surface area contributed by atoms with Crippen LogP contribution < -0.4 is 11.1 Å². The van der Waals surface area contributed by atoms with E-state index in [1.165, 1.54) is 12.8 Å². The maximum atomic E-state index is 11.1. The van der Waals surface area contributed by atoms with E-state index in [0.29, 0.717) is 12.6 Å². The van der Waals surface area contributed by atoms with E-state index >= 15 is 0 Å². The van der Waals surface area contributed by atoms with Gasteiger partial charge in [0.2, 0.25) is 5.91 Å². The molecule has 0 aromatic heterocycles. The van der Waals surface area contributed by atoms with Crippen LogP contribution in [0, 0.1) is 5.92 Å². The fourth-order valence-corrected chi connectivity index (χ4v) is 3.48. The first kappa shape index (κ1) is 14.8. The minimum absolute atomic E-state index is 0.0685. The number of primary amides is 1. The Hall–Kier alpha value is -0.610. The fourth-order valence-electron chi connectivity index (χ4n) is 3.48. The van der Waals surface area contributed by atoms with E-state index in [1.807, 2.05) is 0 Å². The van der Waals surface area contributed by atoms with Crippen molar-refractivity contribution in [3.8, 4) is 0 Å². The molecule has 19 heavy (non-hydrogen) atoms. The van der Waals surface area contributed by atoms with Crippen LogP contribution in [0.2, 0.25) is 0 Å². The van der Waals surface area contributed by atoms with Crippen molar-refractivity contribution < 1.29 is 9.90 Å². The van der Waals surface area contributed by atoms with Crippen molar-refractivity contribution in [3.63, 3.8) is 0 Å². The molecule has 2 aliphatic rings. The molecular formula is C15H28N2O2. The van der Waals surface area contributed by atoms with Gasteiger partial charge < -0.3 is 16.2 Å². The van der Waals surface area contributed by atoms with Crippen molar-refractivity contribution in [2.75, 3.05) is 6.54 Å². The van der Waals surface area contributed by atoms with Gasteiger partial charge in [-0.05, 0) is 38.5 Å². The number of rotatable bonds is 4. The van der Waals surface area contributed by atoms with E-state index < -0.39 is 5.60 Å². The lowest BCUT2D eigenvalue weighted by Crippen LogP contribution is -2.46. The summed E-state index contributed by atoms with van der Waals surface area (Å²) in [5.74, 6) is -0.0835. The molecule has 4 heteroatoms. The second-order valence-electron chi connectivity index (χ2n) is 6.47. The van der Waals surface area contributed by atoms with Crippen molar-refractivity contribution in [1.29, 1.82) is 0 Å². The summed E-state index contributed by atoms with van der Waals surface area (Å²) in [6.07, 6.45) is 10.5. The number of hydrogen-bond donors (Lipinski definition) is 3. The number of aliphatic hydroxyl groups is 1. The van der Waals surface area contributed by atoms with Crippen molar-refractivity contribution >= 4 is 5.91 Å². The average molecular weight is 268 g/mol. The summed E-state index contributed by atoms with van der Waals surface area (Å²) in [4.78, 5) is 11.1. The number of carbonyl (C=O) groups is 1. The van der Waals surface area contributed by atoms with E-state index in [-0.39, 0.29) is 11.8 Å². The molecule has 0 spiro atoms. The molecule has 0 saturated heterocycles. The number of amides is 1. The zero-order chi connectivity index (χ0) is 13.7. The Labute approximate surface area is 116 Å². The van der Waals surface area contributed by atoms with Gasteiger partial charge >= 0.3 is 0 Å². The Balaban J connectivity index is 1.72. The highest BCUT2D eigenvalue weighted by Crippen LogP contribution is 2.28. The largest absolute Gasteiger partial charge is 0.389 e. The molecule has 2 aliphatic carbocycles. The Bertz CT molecular complexity index is 291. The van der Waals surface area contributed by atoms with Gasteiger partial charge in [-0.1, -0.05) is 25.7 Å². The molecule has 0 unspecified atom stereocenters. The quantitative estimate of drug-likeness (QED) is 0.679. The Morgan fingerprint density at radius 3 is 2.21 bits per heavy atom. The van der Waals surface area contributed by atoms with Crippen molar-refractivity contribution in [1.82, 2.24) is 5.32 Å². The SMILES string of the molecule is NC(=O)C1CCC(NCC2(O)CCCCCC2)CC1. The van der Waals surface area contributed by atoms with E-state index in [9.17, 15) is 9.90 Å². The first-order valence-electron chi connectivity index (χ1n) is 7.84. The molecule has 0 radical (unpaired) electrons. The lowest BCUT2D eigenvalue weighted by atomic mass is 9.85. The molecule has 0 heterocycles. The average Bonchev–Trinajstić information content (AvgIpc) is 2.62. The summed E-state index contributed by atoms with van der Waals surface area (Å²) in [5, 5.41) is 14.1. The number of nitrogens with two attached hydrogens (primary N) is 1. The maximum absolute atomic E-state index is 11.1.